The Kier molecular flexibility index (Phi) is 4.97. The van der Waals surface area contributed by atoms with Crippen LogP contribution in [0.1, 0.15) is 11.3 Å². The maximum absolute atomic E-state index is 12.6. The third-order valence-corrected chi connectivity index (χ3v) is 4.14. The number of carbonyl (C=O) groups excluding carboxylic acids is 2. The van der Waals surface area contributed by atoms with Gasteiger partial charge in [0.15, 0.2) is 0 Å². The van der Waals surface area contributed by atoms with Crippen molar-refractivity contribution in [3.05, 3.63) is 53.7 Å². The second-order valence-corrected chi connectivity index (χ2v) is 6.23. The summed E-state index contributed by atoms with van der Waals surface area (Å²) in [7, 11) is 1.63. The van der Waals surface area contributed by atoms with Gasteiger partial charge in [0.2, 0.25) is 11.8 Å². The summed E-state index contributed by atoms with van der Waals surface area (Å²) in [6, 6.07) is 13.1. The number of para-hydroxylation sites is 1. The number of benzene rings is 1. The second-order valence-electron chi connectivity index (χ2n) is 6.23. The van der Waals surface area contributed by atoms with Gasteiger partial charge in [-0.3, -0.25) is 9.59 Å². The van der Waals surface area contributed by atoms with Crippen LogP contribution in [-0.2, 0) is 16.0 Å². The lowest BCUT2D eigenvalue weighted by molar-refractivity contribution is -0.138. The molecule has 1 aromatic heterocycles. The fourth-order valence-corrected chi connectivity index (χ4v) is 2.89. The van der Waals surface area contributed by atoms with E-state index in [-0.39, 0.29) is 24.3 Å². The smallest absolute Gasteiger partial charge is 0.245 e. The molecule has 2 heterocycles. The Labute approximate surface area is 146 Å². The van der Waals surface area contributed by atoms with E-state index < -0.39 is 0 Å². The van der Waals surface area contributed by atoms with Crippen molar-refractivity contribution in [1.29, 1.82) is 0 Å². The van der Waals surface area contributed by atoms with E-state index in [1.165, 1.54) is 4.90 Å². The van der Waals surface area contributed by atoms with Gasteiger partial charge in [0.1, 0.15) is 18.2 Å². The molecule has 1 aromatic carbocycles. The van der Waals surface area contributed by atoms with Crippen LogP contribution in [0.25, 0.3) is 0 Å². The van der Waals surface area contributed by atoms with Crippen LogP contribution in [0.3, 0.4) is 0 Å². The summed E-state index contributed by atoms with van der Waals surface area (Å²) in [5.74, 6) is 0.677. The number of nitrogens with zero attached hydrogens (tertiary/aromatic N) is 2. The average Bonchev–Trinajstić information content (AvgIpc) is 2.60. The third-order valence-electron chi connectivity index (χ3n) is 4.14. The molecule has 0 spiro atoms. The van der Waals surface area contributed by atoms with Crippen molar-refractivity contribution >= 4 is 17.6 Å². The van der Waals surface area contributed by atoms with E-state index in [1.807, 2.05) is 43.3 Å². The molecule has 3 rings (SSSR count). The molecule has 1 N–H and O–H groups in total. The van der Waals surface area contributed by atoms with E-state index in [0.717, 1.165) is 17.0 Å². The standard InChI is InChI=1S/C19H21N3O3/c1-13-6-5-9-17(20-13)21-18(23)11-22(2)19(24)15-10-14-7-3-4-8-16(14)25-12-15/h3-9,15H,10-12H2,1-2H3,(H,20,21,23)/t15-/m0/s1. The predicted molar refractivity (Wildman–Crippen MR) is 94.4 cm³/mol. The molecule has 0 aliphatic carbocycles. The van der Waals surface area contributed by atoms with Gasteiger partial charge in [-0.15, -0.1) is 0 Å². The number of fused-ring (bicyclic) bond motifs is 1. The molecule has 0 unspecified atom stereocenters. The maximum Gasteiger partial charge on any atom is 0.245 e. The summed E-state index contributed by atoms with van der Waals surface area (Å²) >= 11 is 0. The third kappa shape index (κ3) is 4.15. The van der Waals surface area contributed by atoms with Crippen LogP contribution in [0, 0.1) is 12.8 Å². The molecule has 2 amide bonds. The van der Waals surface area contributed by atoms with Crippen LogP contribution in [0.4, 0.5) is 5.82 Å². The van der Waals surface area contributed by atoms with Crippen LogP contribution in [0.2, 0.25) is 0 Å². The molecule has 1 aliphatic heterocycles. The minimum Gasteiger partial charge on any atom is -0.492 e. The van der Waals surface area contributed by atoms with Crippen LogP contribution in [-0.4, -0.2) is 41.9 Å². The summed E-state index contributed by atoms with van der Waals surface area (Å²) in [4.78, 5) is 30.4. The highest BCUT2D eigenvalue weighted by molar-refractivity contribution is 5.94. The number of rotatable bonds is 4. The SMILES string of the molecule is Cc1cccc(NC(=O)CN(C)C(=O)[C@@H]2COc3ccccc3C2)n1. The number of hydrogen-bond acceptors (Lipinski definition) is 4. The number of amides is 2. The first kappa shape index (κ1) is 17.0. The fraction of sp³-hybridized carbons (Fsp3) is 0.316. The van der Waals surface area contributed by atoms with Crippen molar-refractivity contribution in [2.75, 3.05) is 25.5 Å². The Morgan fingerprint density at radius 2 is 2.04 bits per heavy atom. The monoisotopic (exact) mass is 339 g/mol. The molecule has 0 saturated carbocycles. The topological polar surface area (TPSA) is 71.5 Å². The molecule has 0 fully saturated rings. The normalized spacial score (nSPS) is 15.7. The van der Waals surface area contributed by atoms with Crippen molar-refractivity contribution in [1.82, 2.24) is 9.88 Å². The summed E-state index contributed by atoms with van der Waals surface area (Å²) in [6.45, 7) is 2.17. The molecule has 6 heteroatoms. The fourth-order valence-electron chi connectivity index (χ4n) is 2.89. The van der Waals surface area contributed by atoms with Crippen molar-refractivity contribution in [2.24, 2.45) is 5.92 Å². The van der Waals surface area contributed by atoms with E-state index in [1.54, 1.807) is 13.1 Å². The molecular formula is C19H21N3O3. The lowest BCUT2D eigenvalue weighted by Crippen LogP contribution is -2.42. The highest BCUT2D eigenvalue weighted by Crippen LogP contribution is 2.27. The number of hydrogen-bond donors (Lipinski definition) is 1. The Balaban J connectivity index is 1.57. The highest BCUT2D eigenvalue weighted by Gasteiger charge is 2.28. The van der Waals surface area contributed by atoms with Crippen LogP contribution in [0.5, 0.6) is 5.75 Å². The zero-order valence-electron chi connectivity index (χ0n) is 14.4. The summed E-state index contributed by atoms with van der Waals surface area (Å²) in [5.41, 5.74) is 1.84. The highest BCUT2D eigenvalue weighted by atomic mass is 16.5. The number of carbonyl (C=O) groups is 2. The first-order valence-electron chi connectivity index (χ1n) is 8.22. The molecule has 6 nitrogen and oxygen atoms in total. The van der Waals surface area contributed by atoms with Crippen LogP contribution < -0.4 is 10.1 Å². The van der Waals surface area contributed by atoms with Gasteiger partial charge in [-0.25, -0.2) is 4.98 Å². The van der Waals surface area contributed by atoms with E-state index in [0.29, 0.717) is 18.8 Å². The molecule has 1 aliphatic rings. The van der Waals surface area contributed by atoms with Gasteiger partial charge in [0.25, 0.3) is 0 Å². The number of aromatic nitrogens is 1. The molecule has 2 aromatic rings. The average molecular weight is 339 g/mol. The van der Waals surface area contributed by atoms with Gasteiger partial charge < -0.3 is 15.0 Å². The number of anilines is 1. The summed E-state index contributed by atoms with van der Waals surface area (Å²) in [6.07, 6.45) is 0.625. The molecule has 130 valence electrons. The Morgan fingerprint density at radius 3 is 2.84 bits per heavy atom. The van der Waals surface area contributed by atoms with Gasteiger partial charge in [0, 0.05) is 12.7 Å². The lowest BCUT2D eigenvalue weighted by Gasteiger charge is -2.28. The van der Waals surface area contributed by atoms with Crippen molar-refractivity contribution in [2.45, 2.75) is 13.3 Å². The van der Waals surface area contributed by atoms with Crippen LogP contribution in [0.15, 0.2) is 42.5 Å². The number of ether oxygens (including phenoxy) is 1. The van der Waals surface area contributed by atoms with E-state index in [4.69, 9.17) is 4.74 Å². The Morgan fingerprint density at radius 1 is 1.24 bits per heavy atom. The molecule has 0 bridgehead atoms. The molecule has 25 heavy (non-hydrogen) atoms. The zero-order chi connectivity index (χ0) is 17.8. The van der Waals surface area contributed by atoms with Crippen molar-refractivity contribution in [3.63, 3.8) is 0 Å². The Hall–Kier alpha value is -2.89. The van der Waals surface area contributed by atoms with Crippen molar-refractivity contribution in [3.8, 4) is 5.75 Å². The van der Waals surface area contributed by atoms with E-state index >= 15 is 0 Å². The molecule has 0 saturated heterocycles. The van der Waals surface area contributed by atoms with Gasteiger partial charge >= 0.3 is 0 Å². The van der Waals surface area contributed by atoms with Gasteiger partial charge in [-0.2, -0.15) is 0 Å². The number of likely N-dealkylation sites (N-methyl/N-ethyl adjacent to an activating group) is 1. The first-order chi connectivity index (χ1) is 12.0. The van der Waals surface area contributed by atoms with E-state index in [9.17, 15) is 9.59 Å². The van der Waals surface area contributed by atoms with Gasteiger partial charge in [0.05, 0.1) is 12.5 Å². The van der Waals surface area contributed by atoms with Crippen LogP contribution >= 0.6 is 0 Å². The zero-order valence-corrected chi connectivity index (χ0v) is 14.4. The van der Waals surface area contributed by atoms with Gasteiger partial charge in [-0.05, 0) is 37.1 Å². The van der Waals surface area contributed by atoms with E-state index in [2.05, 4.69) is 10.3 Å². The van der Waals surface area contributed by atoms with Gasteiger partial charge in [-0.1, -0.05) is 24.3 Å². The Bertz CT molecular complexity index is 791. The summed E-state index contributed by atoms with van der Waals surface area (Å²) in [5, 5.41) is 2.71. The minimum absolute atomic E-state index is 0.0212. The predicted octanol–water partition coefficient (Wildman–Crippen LogP) is 2.04. The first-order valence-corrected chi connectivity index (χ1v) is 8.22. The maximum atomic E-state index is 12.6. The minimum atomic E-state index is -0.273. The quantitative estimate of drug-likeness (QED) is 0.925. The number of pyridine rings is 1. The number of nitrogens with one attached hydrogen (secondary N) is 1. The lowest BCUT2D eigenvalue weighted by atomic mass is 9.95. The number of aryl methyl sites for hydroxylation is 1. The van der Waals surface area contributed by atoms with Crippen molar-refractivity contribution < 1.29 is 14.3 Å². The summed E-state index contributed by atoms with van der Waals surface area (Å²) < 4.78 is 5.66. The largest absolute Gasteiger partial charge is 0.492 e. The molecular weight excluding hydrogens is 318 g/mol. The molecule has 1 atom stereocenters. The second kappa shape index (κ2) is 7.34. The molecule has 0 radical (unpaired) electrons.